The third kappa shape index (κ3) is 3.67. The highest BCUT2D eigenvalue weighted by atomic mass is 35.5. The van der Waals surface area contributed by atoms with Crippen LogP contribution in [0.4, 0.5) is 5.69 Å². The summed E-state index contributed by atoms with van der Waals surface area (Å²) in [4.78, 5) is 25.9. The Hall–Kier alpha value is -1.75. The van der Waals surface area contributed by atoms with Crippen molar-refractivity contribution in [2.75, 3.05) is 25.4 Å². The molecule has 5 nitrogen and oxygen atoms in total. The van der Waals surface area contributed by atoms with E-state index >= 15 is 0 Å². The van der Waals surface area contributed by atoms with Gasteiger partial charge in [-0.1, -0.05) is 11.6 Å². The highest BCUT2D eigenvalue weighted by Crippen LogP contribution is 2.23. The van der Waals surface area contributed by atoms with Gasteiger partial charge in [-0.3, -0.25) is 9.59 Å². The molecule has 1 unspecified atom stereocenters. The zero-order valence-electron chi connectivity index (χ0n) is 12.0. The number of halogens is 1. The topological polar surface area (TPSA) is 72.6 Å². The van der Waals surface area contributed by atoms with E-state index in [0.717, 1.165) is 12.8 Å². The monoisotopic (exact) mass is 310 g/mol. The average Bonchev–Trinajstić information content (AvgIpc) is 2.49. The van der Waals surface area contributed by atoms with Gasteiger partial charge in [-0.15, -0.1) is 0 Å². The normalized spacial score (nSPS) is 18.4. The number of carbonyl (C=O) groups excluding carboxylic acids is 2. The number of piperidine rings is 1. The minimum Gasteiger partial charge on any atom is -0.466 e. The SMILES string of the molecule is CCOC(=O)C1CCCN(C(=O)c2ccc(N)c(Cl)c2)C1. The van der Waals surface area contributed by atoms with Crippen LogP contribution in [0.5, 0.6) is 0 Å². The summed E-state index contributed by atoms with van der Waals surface area (Å²) in [7, 11) is 0. The Balaban J connectivity index is 2.08. The molecule has 0 aliphatic carbocycles. The van der Waals surface area contributed by atoms with Crippen LogP contribution in [0.3, 0.4) is 0 Å². The smallest absolute Gasteiger partial charge is 0.310 e. The molecule has 1 aromatic carbocycles. The molecule has 2 rings (SSSR count). The van der Waals surface area contributed by atoms with Gasteiger partial charge in [0.15, 0.2) is 0 Å². The predicted octanol–water partition coefficient (Wildman–Crippen LogP) is 2.34. The summed E-state index contributed by atoms with van der Waals surface area (Å²) in [6, 6.07) is 4.83. The van der Waals surface area contributed by atoms with E-state index in [1.165, 1.54) is 0 Å². The number of nitrogen functional groups attached to an aromatic ring is 1. The van der Waals surface area contributed by atoms with Crippen LogP contribution < -0.4 is 5.73 Å². The number of anilines is 1. The maximum absolute atomic E-state index is 12.5. The Kier molecular flexibility index (Phi) is 5.07. The first-order valence-electron chi connectivity index (χ1n) is 7.04. The second-order valence-electron chi connectivity index (χ2n) is 5.08. The van der Waals surface area contributed by atoms with E-state index in [1.54, 1.807) is 30.0 Å². The lowest BCUT2D eigenvalue weighted by atomic mass is 9.97. The molecule has 1 heterocycles. The van der Waals surface area contributed by atoms with Gasteiger partial charge in [0.25, 0.3) is 5.91 Å². The molecule has 6 heteroatoms. The first kappa shape index (κ1) is 15.6. The molecule has 0 saturated carbocycles. The van der Waals surface area contributed by atoms with Crippen molar-refractivity contribution in [1.29, 1.82) is 0 Å². The van der Waals surface area contributed by atoms with Gasteiger partial charge >= 0.3 is 5.97 Å². The largest absolute Gasteiger partial charge is 0.466 e. The molecule has 1 aromatic rings. The molecule has 0 bridgehead atoms. The first-order valence-corrected chi connectivity index (χ1v) is 7.41. The fraction of sp³-hybridized carbons (Fsp3) is 0.467. The molecular weight excluding hydrogens is 292 g/mol. The third-order valence-corrected chi connectivity index (χ3v) is 3.90. The number of nitrogens with zero attached hydrogens (tertiary/aromatic N) is 1. The predicted molar refractivity (Wildman–Crippen MR) is 81.1 cm³/mol. The lowest BCUT2D eigenvalue weighted by molar-refractivity contribution is -0.149. The Bertz CT molecular complexity index is 548. The zero-order chi connectivity index (χ0) is 15.4. The number of ether oxygens (including phenoxy) is 1. The molecule has 21 heavy (non-hydrogen) atoms. The quantitative estimate of drug-likeness (QED) is 0.687. The summed E-state index contributed by atoms with van der Waals surface area (Å²) >= 11 is 5.95. The minimum atomic E-state index is -0.244. The van der Waals surface area contributed by atoms with Gasteiger partial charge in [0.05, 0.1) is 23.2 Å². The number of hydrogen-bond donors (Lipinski definition) is 1. The van der Waals surface area contributed by atoms with Gasteiger partial charge in [0.2, 0.25) is 0 Å². The van der Waals surface area contributed by atoms with Gasteiger partial charge in [-0.05, 0) is 38.0 Å². The van der Waals surface area contributed by atoms with Crippen LogP contribution in [0, 0.1) is 5.92 Å². The zero-order valence-corrected chi connectivity index (χ0v) is 12.7. The van der Waals surface area contributed by atoms with Gasteiger partial charge in [-0.2, -0.15) is 0 Å². The lowest BCUT2D eigenvalue weighted by Gasteiger charge is -2.31. The second-order valence-corrected chi connectivity index (χ2v) is 5.49. The fourth-order valence-electron chi connectivity index (χ4n) is 2.46. The van der Waals surface area contributed by atoms with E-state index in [2.05, 4.69) is 0 Å². The molecule has 0 radical (unpaired) electrons. The van der Waals surface area contributed by atoms with Gasteiger partial charge in [-0.25, -0.2) is 0 Å². The Morgan fingerprint density at radius 2 is 2.24 bits per heavy atom. The molecule has 1 fully saturated rings. The summed E-state index contributed by atoms with van der Waals surface area (Å²) < 4.78 is 5.04. The lowest BCUT2D eigenvalue weighted by Crippen LogP contribution is -2.42. The molecule has 114 valence electrons. The first-order chi connectivity index (χ1) is 10.0. The van der Waals surface area contributed by atoms with Crippen molar-refractivity contribution in [1.82, 2.24) is 4.90 Å². The summed E-state index contributed by atoms with van der Waals surface area (Å²) in [5.41, 5.74) is 6.57. The van der Waals surface area contributed by atoms with E-state index in [4.69, 9.17) is 22.1 Å². The number of rotatable bonds is 3. The third-order valence-electron chi connectivity index (χ3n) is 3.58. The number of benzene rings is 1. The minimum absolute atomic E-state index is 0.133. The summed E-state index contributed by atoms with van der Waals surface area (Å²) in [5.74, 6) is -0.608. The molecule has 1 atom stereocenters. The van der Waals surface area contributed by atoms with E-state index in [-0.39, 0.29) is 17.8 Å². The Labute approximate surface area is 129 Å². The van der Waals surface area contributed by atoms with Crippen molar-refractivity contribution >= 4 is 29.2 Å². The molecule has 1 saturated heterocycles. The molecular formula is C15H19ClN2O3. The van der Waals surface area contributed by atoms with Crippen molar-refractivity contribution in [3.63, 3.8) is 0 Å². The number of amides is 1. The second kappa shape index (κ2) is 6.80. The Morgan fingerprint density at radius 1 is 1.48 bits per heavy atom. The number of hydrogen-bond acceptors (Lipinski definition) is 4. The van der Waals surface area contributed by atoms with Gasteiger partial charge < -0.3 is 15.4 Å². The number of esters is 1. The molecule has 1 aliphatic rings. The van der Waals surface area contributed by atoms with Crippen LogP contribution in [0.2, 0.25) is 5.02 Å². The fourth-order valence-corrected chi connectivity index (χ4v) is 2.64. The molecule has 1 amide bonds. The van der Waals surface area contributed by atoms with Crippen LogP contribution in [-0.4, -0.2) is 36.5 Å². The van der Waals surface area contributed by atoms with E-state index in [0.29, 0.717) is 36.0 Å². The standard InChI is InChI=1S/C15H19ClN2O3/c1-2-21-15(20)11-4-3-7-18(9-11)14(19)10-5-6-13(17)12(16)8-10/h5-6,8,11H,2-4,7,9,17H2,1H3. The van der Waals surface area contributed by atoms with Crippen LogP contribution in [0.1, 0.15) is 30.1 Å². The van der Waals surface area contributed by atoms with Crippen LogP contribution >= 0.6 is 11.6 Å². The van der Waals surface area contributed by atoms with E-state index < -0.39 is 0 Å². The average molecular weight is 311 g/mol. The van der Waals surface area contributed by atoms with E-state index in [1.807, 2.05) is 0 Å². The number of carbonyl (C=O) groups is 2. The van der Waals surface area contributed by atoms with Crippen molar-refractivity contribution in [3.8, 4) is 0 Å². The maximum atomic E-state index is 12.5. The van der Waals surface area contributed by atoms with Crippen molar-refractivity contribution in [2.45, 2.75) is 19.8 Å². The van der Waals surface area contributed by atoms with Gasteiger partial charge in [0, 0.05) is 18.7 Å². The molecule has 0 aromatic heterocycles. The van der Waals surface area contributed by atoms with Gasteiger partial charge in [0.1, 0.15) is 0 Å². The number of likely N-dealkylation sites (tertiary alicyclic amines) is 1. The highest BCUT2D eigenvalue weighted by Gasteiger charge is 2.29. The van der Waals surface area contributed by atoms with Crippen molar-refractivity contribution in [2.24, 2.45) is 5.92 Å². The van der Waals surface area contributed by atoms with Crippen LogP contribution in [-0.2, 0) is 9.53 Å². The number of nitrogens with two attached hydrogens (primary N) is 1. The molecule has 2 N–H and O–H groups in total. The molecule has 0 spiro atoms. The molecule has 1 aliphatic heterocycles. The highest BCUT2D eigenvalue weighted by molar-refractivity contribution is 6.33. The van der Waals surface area contributed by atoms with E-state index in [9.17, 15) is 9.59 Å². The van der Waals surface area contributed by atoms with Crippen molar-refractivity contribution in [3.05, 3.63) is 28.8 Å². The van der Waals surface area contributed by atoms with Crippen molar-refractivity contribution < 1.29 is 14.3 Å². The summed E-state index contributed by atoms with van der Waals surface area (Å²) in [6.45, 7) is 3.16. The van der Waals surface area contributed by atoms with Crippen LogP contribution in [0.15, 0.2) is 18.2 Å². The van der Waals surface area contributed by atoms with Crippen LogP contribution in [0.25, 0.3) is 0 Å². The summed E-state index contributed by atoms with van der Waals surface area (Å²) in [6.07, 6.45) is 1.54. The maximum Gasteiger partial charge on any atom is 0.310 e. The Morgan fingerprint density at radius 3 is 2.90 bits per heavy atom. The summed E-state index contributed by atoms with van der Waals surface area (Å²) in [5, 5.41) is 0.361.